The van der Waals surface area contributed by atoms with Gasteiger partial charge in [0.1, 0.15) is 5.60 Å². The van der Waals surface area contributed by atoms with Crippen LogP contribution in [-0.2, 0) is 14.3 Å². The minimum Gasteiger partial charge on any atom is -0.481 e. The molecule has 0 spiro atoms. The van der Waals surface area contributed by atoms with Crippen molar-refractivity contribution in [2.45, 2.75) is 168 Å². The molecule has 0 aliphatic heterocycles. The van der Waals surface area contributed by atoms with Gasteiger partial charge in [-0.2, -0.15) is 0 Å². The molecule has 0 unspecified atom stereocenters. The number of esters is 1. The lowest BCUT2D eigenvalue weighted by Crippen LogP contribution is -2.35. The zero-order chi connectivity index (χ0) is 23.9. The summed E-state index contributed by atoms with van der Waals surface area (Å²) in [7, 11) is 0. The van der Waals surface area contributed by atoms with Crippen molar-refractivity contribution in [3.8, 4) is 0 Å². The van der Waals surface area contributed by atoms with Gasteiger partial charge in [0.2, 0.25) is 0 Å². The van der Waals surface area contributed by atoms with Crippen molar-refractivity contribution in [1.29, 1.82) is 0 Å². The number of hydrogen-bond donors (Lipinski definition) is 1. The Hall–Kier alpha value is -1.06. The first-order chi connectivity index (χ1) is 15.5. The fourth-order valence-electron chi connectivity index (χ4n) is 4.52. The molecule has 0 atom stereocenters. The van der Waals surface area contributed by atoms with Crippen molar-refractivity contribution < 1.29 is 19.4 Å². The van der Waals surface area contributed by atoms with E-state index in [1.165, 1.54) is 77.0 Å². The van der Waals surface area contributed by atoms with Crippen LogP contribution in [0.2, 0.25) is 0 Å². The van der Waals surface area contributed by atoms with E-state index in [1.807, 2.05) is 0 Å². The Labute approximate surface area is 199 Å². The van der Waals surface area contributed by atoms with E-state index in [0.29, 0.717) is 19.3 Å². The summed E-state index contributed by atoms with van der Waals surface area (Å²) < 4.78 is 6.26. The SMILES string of the molecule is CCCCCCCCCC(CCCCCC)(CCCCCC)OC(=O)CCCCC(=O)O. The lowest BCUT2D eigenvalue weighted by atomic mass is 9.84. The summed E-state index contributed by atoms with van der Waals surface area (Å²) in [4.78, 5) is 23.4. The summed E-state index contributed by atoms with van der Waals surface area (Å²) in [5.74, 6) is -0.914. The van der Waals surface area contributed by atoms with Crippen LogP contribution in [0.4, 0.5) is 0 Å². The van der Waals surface area contributed by atoms with Gasteiger partial charge in [-0.05, 0) is 51.4 Å². The fourth-order valence-corrected chi connectivity index (χ4v) is 4.52. The van der Waals surface area contributed by atoms with E-state index >= 15 is 0 Å². The summed E-state index contributed by atoms with van der Waals surface area (Å²) in [5, 5.41) is 8.82. The highest BCUT2D eigenvalue weighted by Gasteiger charge is 2.32. The monoisotopic (exact) mass is 454 g/mol. The van der Waals surface area contributed by atoms with Gasteiger partial charge < -0.3 is 9.84 Å². The highest BCUT2D eigenvalue weighted by molar-refractivity contribution is 5.70. The van der Waals surface area contributed by atoms with Crippen molar-refractivity contribution in [3.63, 3.8) is 0 Å². The van der Waals surface area contributed by atoms with E-state index in [0.717, 1.165) is 38.5 Å². The molecule has 0 radical (unpaired) electrons. The first-order valence-electron chi connectivity index (χ1n) is 13.9. The third kappa shape index (κ3) is 18.5. The van der Waals surface area contributed by atoms with Crippen molar-refractivity contribution in [2.24, 2.45) is 0 Å². The molecule has 0 bridgehead atoms. The number of carbonyl (C=O) groups excluding carboxylic acids is 1. The Morgan fingerprint density at radius 2 is 0.938 bits per heavy atom. The summed E-state index contributed by atoms with van der Waals surface area (Å²) in [6.45, 7) is 6.71. The normalized spacial score (nSPS) is 11.6. The van der Waals surface area contributed by atoms with Crippen LogP contribution in [0, 0.1) is 0 Å². The number of rotatable bonds is 24. The highest BCUT2D eigenvalue weighted by Crippen LogP contribution is 2.33. The lowest BCUT2D eigenvalue weighted by Gasteiger charge is -2.34. The average Bonchev–Trinajstić information content (AvgIpc) is 2.76. The summed E-state index contributed by atoms with van der Waals surface area (Å²) >= 11 is 0. The maximum Gasteiger partial charge on any atom is 0.306 e. The molecule has 0 aliphatic carbocycles. The summed E-state index contributed by atoms with van der Waals surface area (Å²) in [5.41, 5.74) is -0.311. The molecule has 4 nitrogen and oxygen atoms in total. The second-order valence-corrected chi connectivity index (χ2v) is 9.75. The standard InChI is InChI=1S/C28H54O4/c1-4-7-10-13-14-15-20-25-28(23-18-11-8-5-2,24-19-12-9-6-3)32-27(31)22-17-16-21-26(29)30/h4-25H2,1-3H3,(H,29,30). The first-order valence-corrected chi connectivity index (χ1v) is 13.9. The molecule has 4 heteroatoms. The average molecular weight is 455 g/mol. The maximum absolute atomic E-state index is 12.7. The van der Waals surface area contributed by atoms with Crippen LogP contribution in [-0.4, -0.2) is 22.6 Å². The van der Waals surface area contributed by atoms with Crippen molar-refractivity contribution in [2.75, 3.05) is 0 Å². The Kier molecular flexibility index (Phi) is 21.0. The Balaban J connectivity index is 4.89. The van der Waals surface area contributed by atoms with Gasteiger partial charge in [-0.3, -0.25) is 9.59 Å². The molecule has 0 aliphatic rings. The Morgan fingerprint density at radius 1 is 0.562 bits per heavy atom. The molecule has 0 saturated heterocycles. The molecule has 0 rings (SSSR count). The van der Waals surface area contributed by atoms with Gasteiger partial charge in [-0.25, -0.2) is 0 Å². The first kappa shape index (κ1) is 30.9. The van der Waals surface area contributed by atoms with E-state index in [-0.39, 0.29) is 18.0 Å². The van der Waals surface area contributed by atoms with Gasteiger partial charge in [0.05, 0.1) is 0 Å². The van der Waals surface area contributed by atoms with Crippen LogP contribution in [0.1, 0.15) is 162 Å². The van der Waals surface area contributed by atoms with Gasteiger partial charge in [0.15, 0.2) is 0 Å². The Bertz CT molecular complexity index is 435. The van der Waals surface area contributed by atoms with E-state index in [4.69, 9.17) is 9.84 Å². The number of carboxylic acids is 1. The minimum atomic E-state index is -0.793. The van der Waals surface area contributed by atoms with Gasteiger partial charge >= 0.3 is 11.9 Å². The van der Waals surface area contributed by atoms with Crippen LogP contribution in [0.3, 0.4) is 0 Å². The molecule has 0 amide bonds. The van der Waals surface area contributed by atoms with Crippen LogP contribution in [0.15, 0.2) is 0 Å². The van der Waals surface area contributed by atoms with Crippen LogP contribution in [0.25, 0.3) is 0 Å². The molecule has 0 aromatic heterocycles. The molecule has 1 N–H and O–H groups in total. The molecule has 0 aromatic rings. The smallest absolute Gasteiger partial charge is 0.306 e. The number of unbranched alkanes of at least 4 members (excludes halogenated alkanes) is 13. The predicted molar refractivity (Wildman–Crippen MR) is 135 cm³/mol. The van der Waals surface area contributed by atoms with Crippen molar-refractivity contribution in [1.82, 2.24) is 0 Å². The molecule has 0 aromatic carbocycles. The second-order valence-electron chi connectivity index (χ2n) is 9.75. The molecular formula is C28H54O4. The molecule has 32 heavy (non-hydrogen) atoms. The van der Waals surface area contributed by atoms with Crippen LogP contribution < -0.4 is 0 Å². The fraction of sp³-hybridized carbons (Fsp3) is 0.929. The topological polar surface area (TPSA) is 63.6 Å². The largest absolute Gasteiger partial charge is 0.481 e. The zero-order valence-corrected chi connectivity index (χ0v) is 21.7. The molecule has 0 heterocycles. The van der Waals surface area contributed by atoms with Crippen molar-refractivity contribution >= 4 is 11.9 Å². The quantitative estimate of drug-likeness (QED) is 0.117. The third-order valence-electron chi connectivity index (χ3n) is 6.56. The van der Waals surface area contributed by atoms with Gasteiger partial charge in [0.25, 0.3) is 0 Å². The third-order valence-corrected chi connectivity index (χ3v) is 6.56. The zero-order valence-electron chi connectivity index (χ0n) is 21.7. The van der Waals surface area contributed by atoms with E-state index < -0.39 is 5.97 Å². The van der Waals surface area contributed by atoms with E-state index in [9.17, 15) is 9.59 Å². The van der Waals surface area contributed by atoms with Gasteiger partial charge in [-0.1, -0.05) is 97.8 Å². The number of hydrogen-bond acceptors (Lipinski definition) is 3. The number of carbonyl (C=O) groups is 2. The summed E-state index contributed by atoms with van der Waals surface area (Å²) in [6.07, 6.45) is 23.1. The predicted octanol–water partition coefficient (Wildman–Crippen LogP) is 8.99. The number of aliphatic carboxylic acids is 1. The lowest BCUT2D eigenvalue weighted by molar-refractivity contribution is -0.163. The van der Waals surface area contributed by atoms with Crippen LogP contribution >= 0.6 is 0 Å². The second kappa shape index (κ2) is 21.8. The molecule has 0 fully saturated rings. The number of carboxylic acid groups (broad SMARTS) is 1. The van der Waals surface area contributed by atoms with Crippen molar-refractivity contribution in [3.05, 3.63) is 0 Å². The minimum absolute atomic E-state index is 0.121. The molecular weight excluding hydrogens is 400 g/mol. The molecule has 0 saturated carbocycles. The molecule has 190 valence electrons. The van der Waals surface area contributed by atoms with Crippen LogP contribution in [0.5, 0.6) is 0 Å². The van der Waals surface area contributed by atoms with Gasteiger partial charge in [-0.15, -0.1) is 0 Å². The van der Waals surface area contributed by atoms with E-state index in [1.54, 1.807) is 0 Å². The highest BCUT2D eigenvalue weighted by atomic mass is 16.6. The summed E-state index contributed by atoms with van der Waals surface area (Å²) in [6, 6.07) is 0. The number of ether oxygens (including phenoxy) is 1. The van der Waals surface area contributed by atoms with Gasteiger partial charge in [0, 0.05) is 12.8 Å². The Morgan fingerprint density at radius 3 is 1.38 bits per heavy atom. The van der Waals surface area contributed by atoms with E-state index in [2.05, 4.69) is 20.8 Å². The maximum atomic E-state index is 12.7.